The van der Waals surface area contributed by atoms with Crippen LogP contribution in [0.25, 0.3) is 0 Å². The highest BCUT2D eigenvalue weighted by molar-refractivity contribution is 5.83. The molecule has 2 N–H and O–H groups in total. The van der Waals surface area contributed by atoms with Gasteiger partial charge in [0.15, 0.2) is 0 Å². The van der Waals surface area contributed by atoms with E-state index < -0.39 is 5.41 Å². The van der Waals surface area contributed by atoms with Gasteiger partial charge in [-0.05, 0) is 37.1 Å². The van der Waals surface area contributed by atoms with Crippen molar-refractivity contribution in [3.63, 3.8) is 0 Å². The van der Waals surface area contributed by atoms with Crippen LogP contribution in [0.1, 0.15) is 24.0 Å². The Morgan fingerprint density at radius 2 is 1.86 bits per heavy atom. The van der Waals surface area contributed by atoms with E-state index in [2.05, 4.69) is 10.6 Å². The van der Waals surface area contributed by atoms with Crippen molar-refractivity contribution in [2.45, 2.75) is 26.0 Å². The van der Waals surface area contributed by atoms with Crippen LogP contribution in [0.4, 0.5) is 0 Å². The second-order valence-corrected chi connectivity index (χ2v) is 5.85. The van der Waals surface area contributed by atoms with Crippen LogP contribution in [-0.2, 0) is 27.4 Å². The number of ether oxygens (including phenoxy) is 2. The topological polar surface area (TPSA) is 59.6 Å². The average Bonchev–Trinajstić information content (AvgIpc) is 2.55. The zero-order valence-corrected chi connectivity index (χ0v) is 13.5. The molecule has 0 aliphatic carbocycles. The summed E-state index contributed by atoms with van der Waals surface area (Å²) >= 11 is 0. The molecule has 1 aliphatic heterocycles. The molecule has 1 heterocycles. The van der Waals surface area contributed by atoms with Crippen LogP contribution in [0.2, 0.25) is 0 Å². The Bertz CT molecular complexity index is 479. The lowest BCUT2D eigenvalue weighted by Gasteiger charge is -2.35. The molecule has 0 unspecified atom stereocenters. The van der Waals surface area contributed by atoms with E-state index in [-0.39, 0.29) is 5.91 Å². The van der Waals surface area contributed by atoms with E-state index in [1.54, 1.807) is 14.2 Å². The molecule has 1 amide bonds. The highest BCUT2D eigenvalue weighted by Gasteiger charge is 2.39. The number of carbonyl (C=O) groups is 1. The van der Waals surface area contributed by atoms with Crippen LogP contribution in [0.5, 0.6) is 0 Å². The third-order valence-corrected chi connectivity index (χ3v) is 4.32. The number of rotatable bonds is 7. The minimum Gasteiger partial charge on any atom is -0.384 e. The normalized spacial score (nSPS) is 17.2. The molecule has 5 heteroatoms. The molecule has 0 spiro atoms. The van der Waals surface area contributed by atoms with Gasteiger partial charge >= 0.3 is 0 Å². The monoisotopic (exact) mass is 306 g/mol. The molecule has 0 atom stereocenters. The Balaban J connectivity index is 2.01. The van der Waals surface area contributed by atoms with E-state index in [4.69, 9.17) is 9.47 Å². The van der Waals surface area contributed by atoms with Gasteiger partial charge in [-0.3, -0.25) is 4.79 Å². The molecule has 22 heavy (non-hydrogen) atoms. The molecule has 1 aromatic carbocycles. The highest BCUT2D eigenvalue weighted by atomic mass is 16.5. The maximum atomic E-state index is 12.7. The van der Waals surface area contributed by atoms with Crippen molar-refractivity contribution < 1.29 is 14.3 Å². The molecular weight excluding hydrogens is 280 g/mol. The van der Waals surface area contributed by atoms with E-state index in [0.717, 1.165) is 37.1 Å². The lowest BCUT2D eigenvalue weighted by molar-refractivity contribution is -0.136. The van der Waals surface area contributed by atoms with Gasteiger partial charge in [-0.1, -0.05) is 24.3 Å². The van der Waals surface area contributed by atoms with Crippen LogP contribution in [0.15, 0.2) is 24.3 Å². The van der Waals surface area contributed by atoms with Crippen molar-refractivity contribution in [1.29, 1.82) is 0 Å². The first kappa shape index (κ1) is 16.9. The Morgan fingerprint density at radius 1 is 1.18 bits per heavy atom. The molecule has 0 bridgehead atoms. The van der Waals surface area contributed by atoms with Crippen LogP contribution >= 0.6 is 0 Å². The number of carbonyl (C=O) groups excluding carboxylic acids is 1. The number of hydrogen-bond donors (Lipinski definition) is 2. The van der Waals surface area contributed by atoms with Gasteiger partial charge in [-0.25, -0.2) is 0 Å². The minimum atomic E-state index is -0.407. The number of benzene rings is 1. The van der Waals surface area contributed by atoms with Gasteiger partial charge in [0.1, 0.15) is 0 Å². The highest BCUT2D eigenvalue weighted by Crippen LogP contribution is 2.29. The molecule has 1 aliphatic rings. The maximum absolute atomic E-state index is 12.7. The fourth-order valence-corrected chi connectivity index (χ4v) is 3.01. The molecule has 0 aromatic heterocycles. The van der Waals surface area contributed by atoms with Crippen molar-refractivity contribution >= 4 is 5.91 Å². The van der Waals surface area contributed by atoms with Crippen molar-refractivity contribution in [1.82, 2.24) is 10.6 Å². The number of piperidine rings is 1. The van der Waals surface area contributed by atoms with E-state index in [1.807, 2.05) is 24.3 Å². The first-order chi connectivity index (χ1) is 10.7. The van der Waals surface area contributed by atoms with Gasteiger partial charge < -0.3 is 20.1 Å². The summed E-state index contributed by atoms with van der Waals surface area (Å²) in [5.41, 5.74) is 1.80. The van der Waals surface area contributed by atoms with Gasteiger partial charge in [0.25, 0.3) is 0 Å². The van der Waals surface area contributed by atoms with Crippen LogP contribution in [0.3, 0.4) is 0 Å². The van der Waals surface area contributed by atoms with Crippen LogP contribution in [-0.4, -0.2) is 39.8 Å². The summed E-state index contributed by atoms with van der Waals surface area (Å²) in [5, 5.41) is 6.39. The summed E-state index contributed by atoms with van der Waals surface area (Å²) in [5.74, 6) is 0.0862. The summed E-state index contributed by atoms with van der Waals surface area (Å²) in [4.78, 5) is 12.7. The summed E-state index contributed by atoms with van der Waals surface area (Å²) in [6.45, 7) is 3.27. The SMILES string of the molecule is COCc1ccccc1CNC(=O)C1(COC)CCNCC1. The Morgan fingerprint density at radius 3 is 2.50 bits per heavy atom. The quantitative estimate of drug-likeness (QED) is 0.801. The van der Waals surface area contributed by atoms with E-state index in [9.17, 15) is 4.79 Å². The van der Waals surface area contributed by atoms with Crippen molar-refractivity contribution in [3.8, 4) is 0 Å². The second-order valence-electron chi connectivity index (χ2n) is 5.85. The largest absolute Gasteiger partial charge is 0.384 e. The molecule has 1 fully saturated rings. The lowest BCUT2D eigenvalue weighted by atomic mass is 9.78. The predicted molar refractivity (Wildman–Crippen MR) is 85.4 cm³/mol. The molecule has 2 rings (SSSR count). The second kappa shape index (κ2) is 8.27. The molecular formula is C17H26N2O3. The van der Waals surface area contributed by atoms with E-state index >= 15 is 0 Å². The first-order valence-electron chi connectivity index (χ1n) is 7.75. The number of amides is 1. The smallest absolute Gasteiger partial charge is 0.228 e. The third kappa shape index (κ3) is 4.06. The van der Waals surface area contributed by atoms with Crippen LogP contribution < -0.4 is 10.6 Å². The van der Waals surface area contributed by atoms with Gasteiger partial charge in [0, 0.05) is 20.8 Å². The molecule has 0 saturated carbocycles. The number of nitrogens with one attached hydrogen (secondary N) is 2. The van der Waals surface area contributed by atoms with Crippen molar-refractivity contribution in [2.75, 3.05) is 33.9 Å². The Labute approximate surface area is 132 Å². The Kier molecular flexibility index (Phi) is 6.36. The summed E-state index contributed by atoms with van der Waals surface area (Å²) in [6.07, 6.45) is 1.62. The third-order valence-electron chi connectivity index (χ3n) is 4.32. The molecule has 0 radical (unpaired) electrons. The zero-order valence-electron chi connectivity index (χ0n) is 13.5. The average molecular weight is 306 g/mol. The lowest BCUT2D eigenvalue weighted by Crippen LogP contribution is -2.50. The summed E-state index contributed by atoms with van der Waals surface area (Å²) < 4.78 is 10.5. The zero-order chi connectivity index (χ0) is 15.8. The fraction of sp³-hybridized carbons (Fsp3) is 0.588. The fourth-order valence-electron chi connectivity index (χ4n) is 3.01. The van der Waals surface area contributed by atoms with Gasteiger partial charge in [-0.2, -0.15) is 0 Å². The molecule has 1 saturated heterocycles. The van der Waals surface area contributed by atoms with E-state index in [1.165, 1.54) is 0 Å². The summed E-state index contributed by atoms with van der Waals surface area (Å²) in [6, 6.07) is 8.02. The van der Waals surface area contributed by atoms with Gasteiger partial charge in [-0.15, -0.1) is 0 Å². The van der Waals surface area contributed by atoms with Crippen molar-refractivity contribution in [2.24, 2.45) is 5.41 Å². The van der Waals surface area contributed by atoms with E-state index in [0.29, 0.717) is 19.8 Å². The number of hydrogen-bond acceptors (Lipinski definition) is 4. The first-order valence-corrected chi connectivity index (χ1v) is 7.75. The standard InChI is InChI=1S/C17H26N2O3/c1-21-12-15-6-4-3-5-14(15)11-19-16(20)17(13-22-2)7-9-18-10-8-17/h3-6,18H,7-13H2,1-2H3,(H,19,20). The number of methoxy groups -OCH3 is 2. The molecule has 1 aromatic rings. The summed E-state index contributed by atoms with van der Waals surface area (Å²) in [7, 11) is 3.34. The maximum Gasteiger partial charge on any atom is 0.228 e. The minimum absolute atomic E-state index is 0.0862. The van der Waals surface area contributed by atoms with Gasteiger partial charge in [0.05, 0.1) is 18.6 Å². The Hall–Kier alpha value is -1.43. The molecule has 122 valence electrons. The molecule has 5 nitrogen and oxygen atoms in total. The van der Waals surface area contributed by atoms with Gasteiger partial charge in [0.2, 0.25) is 5.91 Å². The van der Waals surface area contributed by atoms with Crippen LogP contribution in [0, 0.1) is 5.41 Å². The van der Waals surface area contributed by atoms with Crippen molar-refractivity contribution in [3.05, 3.63) is 35.4 Å². The predicted octanol–water partition coefficient (Wildman–Crippen LogP) is 1.47.